The maximum Gasteiger partial charge on any atom is 0.0432 e. The van der Waals surface area contributed by atoms with Crippen molar-refractivity contribution in [2.45, 2.75) is 33.0 Å². The smallest absolute Gasteiger partial charge is 0.0432 e. The standard InChI is InChI=1S/C18H23BrN2/c1-14(2)21(13-15-7-5-4-6-8-15)18-11-17(19)10-9-16(18)12-20-3/h4-11,14,20H,12-13H2,1-3H3. The van der Waals surface area contributed by atoms with Crippen LogP contribution >= 0.6 is 15.9 Å². The minimum absolute atomic E-state index is 0.440. The molecule has 1 N–H and O–H groups in total. The number of benzene rings is 2. The Morgan fingerprint density at radius 2 is 1.81 bits per heavy atom. The van der Waals surface area contributed by atoms with Crippen LogP contribution in [0, 0.1) is 0 Å². The molecule has 0 aliphatic carbocycles. The molecule has 0 radical (unpaired) electrons. The first-order valence-electron chi connectivity index (χ1n) is 7.35. The fourth-order valence-corrected chi connectivity index (χ4v) is 2.82. The first-order chi connectivity index (χ1) is 10.1. The predicted molar refractivity (Wildman–Crippen MR) is 94.7 cm³/mol. The number of nitrogens with one attached hydrogen (secondary N) is 1. The molecule has 2 aromatic carbocycles. The predicted octanol–water partition coefficient (Wildman–Crippen LogP) is 4.58. The van der Waals surface area contributed by atoms with E-state index in [1.165, 1.54) is 16.8 Å². The SMILES string of the molecule is CNCc1ccc(Br)cc1N(Cc1ccccc1)C(C)C. The monoisotopic (exact) mass is 346 g/mol. The second kappa shape index (κ2) is 7.62. The van der Waals surface area contributed by atoms with E-state index in [1.807, 2.05) is 7.05 Å². The highest BCUT2D eigenvalue weighted by molar-refractivity contribution is 9.10. The molecule has 0 bridgehead atoms. The molecule has 0 fully saturated rings. The van der Waals surface area contributed by atoms with E-state index in [2.05, 4.69) is 88.5 Å². The lowest BCUT2D eigenvalue weighted by Crippen LogP contribution is -2.31. The summed E-state index contributed by atoms with van der Waals surface area (Å²) >= 11 is 3.60. The molecule has 0 saturated carbocycles. The molecule has 2 nitrogen and oxygen atoms in total. The van der Waals surface area contributed by atoms with Gasteiger partial charge in [-0.15, -0.1) is 0 Å². The van der Waals surface area contributed by atoms with E-state index in [9.17, 15) is 0 Å². The number of halogens is 1. The molecule has 0 saturated heterocycles. The molecule has 2 rings (SSSR count). The molecule has 0 amide bonds. The largest absolute Gasteiger partial charge is 0.364 e. The highest BCUT2D eigenvalue weighted by atomic mass is 79.9. The lowest BCUT2D eigenvalue weighted by atomic mass is 10.1. The zero-order valence-corrected chi connectivity index (χ0v) is 14.5. The van der Waals surface area contributed by atoms with E-state index >= 15 is 0 Å². The van der Waals surface area contributed by atoms with Crippen LogP contribution < -0.4 is 10.2 Å². The Labute approximate surface area is 136 Å². The molecule has 0 aliphatic heterocycles. The van der Waals surface area contributed by atoms with Crippen LogP contribution in [-0.2, 0) is 13.1 Å². The van der Waals surface area contributed by atoms with Crippen molar-refractivity contribution < 1.29 is 0 Å². The van der Waals surface area contributed by atoms with Crippen molar-refractivity contribution in [3.63, 3.8) is 0 Å². The van der Waals surface area contributed by atoms with Gasteiger partial charge in [0.15, 0.2) is 0 Å². The highest BCUT2D eigenvalue weighted by Gasteiger charge is 2.15. The Kier molecular flexibility index (Phi) is 5.83. The van der Waals surface area contributed by atoms with Gasteiger partial charge < -0.3 is 10.2 Å². The van der Waals surface area contributed by atoms with E-state index in [1.54, 1.807) is 0 Å². The van der Waals surface area contributed by atoms with Crippen molar-refractivity contribution in [3.8, 4) is 0 Å². The van der Waals surface area contributed by atoms with Gasteiger partial charge in [0.1, 0.15) is 0 Å². The lowest BCUT2D eigenvalue weighted by molar-refractivity contribution is 0.674. The molecule has 112 valence electrons. The normalized spacial score (nSPS) is 10.9. The summed E-state index contributed by atoms with van der Waals surface area (Å²) in [5.74, 6) is 0. The Balaban J connectivity index is 2.35. The van der Waals surface area contributed by atoms with Crippen molar-refractivity contribution in [2.75, 3.05) is 11.9 Å². The molecule has 2 aromatic rings. The van der Waals surface area contributed by atoms with Gasteiger partial charge in [0.25, 0.3) is 0 Å². The van der Waals surface area contributed by atoms with Crippen molar-refractivity contribution in [2.24, 2.45) is 0 Å². The molecule has 0 aromatic heterocycles. The van der Waals surface area contributed by atoms with Gasteiger partial charge in [0.05, 0.1) is 0 Å². The van der Waals surface area contributed by atoms with Crippen LogP contribution in [0.4, 0.5) is 5.69 Å². The van der Waals surface area contributed by atoms with Crippen LogP contribution in [0.5, 0.6) is 0 Å². The zero-order chi connectivity index (χ0) is 15.2. The average molecular weight is 347 g/mol. The number of hydrogen-bond donors (Lipinski definition) is 1. The molecule has 0 unspecified atom stereocenters. The highest BCUT2D eigenvalue weighted by Crippen LogP contribution is 2.28. The summed E-state index contributed by atoms with van der Waals surface area (Å²) in [6.07, 6.45) is 0. The van der Waals surface area contributed by atoms with E-state index < -0.39 is 0 Å². The van der Waals surface area contributed by atoms with Gasteiger partial charge in [-0.2, -0.15) is 0 Å². The molecule has 0 heterocycles. The summed E-state index contributed by atoms with van der Waals surface area (Å²) in [6, 6.07) is 17.6. The second-order valence-electron chi connectivity index (χ2n) is 5.51. The van der Waals surface area contributed by atoms with Crippen molar-refractivity contribution in [1.29, 1.82) is 0 Å². The van der Waals surface area contributed by atoms with Crippen LogP contribution in [0.15, 0.2) is 53.0 Å². The summed E-state index contributed by atoms with van der Waals surface area (Å²) in [5, 5.41) is 3.26. The summed E-state index contributed by atoms with van der Waals surface area (Å²) < 4.78 is 1.12. The van der Waals surface area contributed by atoms with Gasteiger partial charge in [0.2, 0.25) is 0 Å². The van der Waals surface area contributed by atoms with E-state index in [0.29, 0.717) is 6.04 Å². The van der Waals surface area contributed by atoms with Crippen LogP contribution in [-0.4, -0.2) is 13.1 Å². The van der Waals surface area contributed by atoms with Crippen LogP contribution in [0.2, 0.25) is 0 Å². The van der Waals surface area contributed by atoms with Gasteiger partial charge in [-0.3, -0.25) is 0 Å². The van der Waals surface area contributed by atoms with E-state index in [4.69, 9.17) is 0 Å². The number of nitrogens with zero attached hydrogens (tertiary/aromatic N) is 1. The fraction of sp³-hybridized carbons (Fsp3) is 0.333. The maximum absolute atomic E-state index is 3.60. The first kappa shape index (κ1) is 16.1. The summed E-state index contributed by atoms with van der Waals surface area (Å²) in [6.45, 7) is 6.28. The molecule has 21 heavy (non-hydrogen) atoms. The van der Waals surface area contributed by atoms with Crippen LogP contribution in [0.1, 0.15) is 25.0 Å². The third-order valence-corrected chi connectivity index (χ3v) is 4.04. The second-order valence-corrected chi connectivity index (χ2v) is 6.43. The van der Waals surface area contributed by atoms with Crippen molar-refractivity contribution >= 4 is 21.6 Å². The Hall–Kier alpha value is -1.32. The Bertz CT molecular complexity index is 567. The molecular weight excluding hydrogens is 324 g/mol. The number of hydrogen-bond acceptors (Lipinski definition) is 2. The Morgan fingerprint density at radius 1 is 1.10 bits per heavy atom. The quantitative estimate of drug-likeness (QED) is 0.823. The summed E-state index contributed by atoms with van der Waals surface area (Å²) in [4.78, 5) is 2.45. The fourth-order valence-electron chi connectivity index (χ4n) is 2.47. The van der Waals surface area contributed by atoms with Crippen LogP contribution in [0.25, 0.3) is 0 Å². The molecule has 0 atom stereocenters. The molecule has 3 heteroatoms. The zero-order valence-electron chi connectivity index (χ0n) is 12.9. The van der Waals surface area contributed by atoms with Crippen LogP contribution in [0.3, 0.4) is 0 Å². The third kappa shape index (κ3) is 4.32. The first-order valence-corrected chi connectivity index (χ1v) is 8.14. The van der Waals surface area contributed by atoms with Gasteiger partial charge in [-0.1, -0.05) is 52.3 Å². The molecule has 0 aliphatic rings. The summed E-state index contributed by atoms with van der Waals surface area (Å²) in [5.41, 5.74) is 3.95. The third-order valence-electron chi connectivity index (χ3n) is 3.54. The number of rotatable bonds is 6. The topological polar surface area (TPSA) is 15.3 Å². The van der Waals surface area contributed by atoms with Crippen molar-refractivity contribution in [3.05, 3.63) is 64.1 Å². The van der Waals surface area contributed by atoms with Crippen molar-refractivity contribution in [1.82, 2.24) is 5.32 Å². The van der Waals surface area contributed by atoms with Gasteiger partial charge in [-0.25, -0.2) is 0 Å². The van der Waals surface area contributed by atoms with Gasteiger partial charge in [0, 0.05) is 29.3 Å². The molecule has 0 spiro atoms. The van der Waals surface area contributed by atoms with E-state index in [0.717, 1.165) is 17.6 Å². The summed E-state index contributed by atoms with van der Waals surface area (Å²) in [7, 11) is 1.99. The van der Waals surface area contributed by atoms with E-state index in [-0.39, 0.29) is 0 Å². The lowest BCUT2D eigenvalue weighted by Gasteiger charge is -2.31. The van der Waals surface area contributed by atoms with Gasteiger partial charge >= 0.3 is 0 Å². The number of anilines is 1. The molecular formula is C18H23BrN2. The minimum Gasteiger partial charge on any atom is -0.364 e. The van der Waals surface area contributed by atoms with Gasteiger partial charge in [-0.05, 0) is 44.2 Å². The minimum atomic E-state index is 0.440. The Morgan fingerprint density at radius 3 is 2.43 bits per heavy atom. The maximum atomic E-state index is 3.60. The average Bonchev–Trinajstić information content (AvgIpc) is 2.48.